The first kappa shape index (κ1) is 12.0. The first-order valence-electron chi connectivity index (χ1n) is 7.23. The summed E-state index contributed by atoms with van der Waals surface area (Å²) < 4.78 is 0. The smallest absolute Gasteiger partial charge is 0.0361 e. The lowest BCUT2D eigenvalue weighted by atomic mass is 10.1. The fourth-order valence-corrected chi connectivity index (χ4v) is 2.78. The van der Waals surface area contributed by atoms with Crippen LogP contribution in [0.1, 0.15) is 31.2 Å². The van der Waals surface area contributed by atoms with E-state index >= 15 is 0 Å². The summed E-state index contributed by atoms with van der Waals surface area (Å²) in [5.41, 5.74) is 2.69. The Bertz CT molecular complexity index is 376. The molecule has 0 aromatic heterocycles. The third-order valence-electron chi connectivity index (χ3n) is 4.25. The summed E-state index contributed by atoms with van der Waals surface area (Å²) >= 11 is 0. The van der Waals surface area contributed by atoms with E-state index in [2.05, 4.69) is 48.6 Å². The van der Waals surface area contributed by atoms with Crippen molar-refractivity contribution in [3.63, 3.8) is 0 Å². The number of hydrogen-bond donors (Lipinski definition) is 1. The van der Waals surface area contributed by atoms with Gasteiger partial charge in [0.05, 0.1) is 0 Å². The Morgan fingerprint density at radius 3 is 2.06 bits per heavy atom. The molecule has 2 saturated carbocycles. The van der Waals surface area contributed by atoms with Gasteiger partial charge in [-0.1, -0.05) is 12.1 Å². The van der Waals surface area contributed by atoms with E-state index in [1.54, 1.807) is 0 Å². The SMILES string of the molecule is CN(C)c1ccc(CNC(C2CC2)C2CC2)cc1. The van der Waals surface area contributed by atoms with Gasteiger partial charge in [0.2, 0.25) is 0 Å². The van der Waals surface area contributed by atoms with Crippen molar-refractivity contribution in [2.45, 2.75) is 38.3 Å². The maximum atomic E-state index is 3.79. The van der Waals surface area contributed by atoms with Crippen LogP contribution in [0.4, 0.5) is 5.69 Å². The summed E-state index contributed by atoms with van der Waals surface area (Å²) in [6.45, 7) is 1.03. The molecule has 2 fully saturated rings. The molecule has 0 unspecified atom stereocenters. The van der Waals surface area contributed by atoms with E-state index in [1.807, 2.05) is 0 Å². The van der Waals surface area contributed by atoms with Crippen molar-refractivity contribution < 1.29 is 0 Å². The molecule has 18 heavy (non-hydrogen) atoms. The Labute approximate surface area is 110 Å². The van der Waals surface area contributed by atoms with Gasteiger partial charge in [-0.25, -0.2) is 0 Å². The highest BCUT2D eigenvalue weighted by Gasteiger charge is 2.40. The second kappa shape index (κ2) is 4.93. The Morgan fingerprint density at radius 2 is 1.61 bits per heavy atom. The number of rotatable bonds is 6. The maximum absolute atomic E-state index is 3.79. The lowest BCUT2D eigenvalue weighted by Gasteiger charge is -2.18. The number of nitrogens with one attached hydrogen (secondary N) is 1. The van der Waals surface area contributed by atoms with Crippen LogP contribution in [0.3, 0.4) is 0 Å². The average Bonchev–Trinajstić information content (AvgIpc) is 3.24. The molecule has 98 valence electrons. The average molecular weight is 244 g/mol. The van der Waals surface area contributed by atoms with Gasteiger partial charge in [-0.05, 0) is 55.2 Å². The zero-order chi connectivity index (χ0) is 12.5. The lowest BCUT2D eigenvalue weighted by Crippen LogP contribution is -2.32. The summed E-state index contributed by atoms with van der Waals surface area (Å²) in [7, 11) is 4.17. The molecular weight excluding hydrogens is 220 g/mol. The van der Waals surface area contributed by atoms with Crippen LogP contribution in [-0.4, -0.2) is 20.1 Å². The van der Waals surface area contributed by atoms with Gasteiger partial charge in [-0.2, -0.15) is 0 Å². The van der Waals surface area contributed by atoms with Gasteiger partial charge in [-0.15, -0.1) is 0 Å². The predicted octanol–water partition coefficient (Wildman–Crippen LogP) is 3.03. The monoisotopic (exact) mass is 244 g/mol. The van der Waals surface area contributed by atoms with Crippen molar-refractivity contribution in [2.24, 2.45) is 11.8 Å². The van der Waals surface area contributed by atoms with Crippen LogP contribution in [0, 0.1) is 11.8 Å². The van der Waals surface area contributed by atoms with Gasteiger partial charge in [0.1, 0.15) is 0 Å². The van der Waals surface area contributed by atoms with E-state index in [1.165, 1.54) is 36.9 Å². The van der Waals surface area contributed by atoms with E-state index in [0.29, 0.717) is 0 Å². The topological polar surface area (TPSA) is 15.3 Å². The third-order valence-corrected chi connectivity index (χ3v) is 4.25. The zero-order valence-electron chi connectivity index (χ0n) is 11.5. The van der Waals surface area contributed by atoms with Crippen molar-refractivity contribution in [2.75, 3.05) is 19.0 Å². The normalized spacial score (nSPS) is 19.3. The summed E-state index contributed by atoms with van der Waals surface area (Å²) in [4.78, 5) is 2.15. The summed E-state index contributed by atoms with van der Waals surface area (Å²) in [6, 6.07) is 9.72. The van der Waals surface area contributed by atoms with Crippen LogP contribution >= 0.6 is 0 Å². The third kappa shape index (κ3) is 2.86. The second-order valence-corrected chi connectivity index (χ2v) is 6.14. The van der Waals surface area contributed by atoms with Gasteiger partial charge in [-0.3, -0.25) is 0 Å². The minimum absolute atomic E-state index is 0.804. The Hall–Kier alpha value is -1.02. The molecule has 0 radical (unpaired) electrons. The van der Waals surface area contributed by atoms with E-state index in [4.69, 9.17) is 0 Å². The molecule has 0 spiro atoms. The predicted molar refractivity (Wildman–Crippen MR) is 76.8 cm³/mol. The minimum Gasteiger partial charge on any atom is -0.378 e. The minimum atomic E-state index is 0.804. The van der Waals surface area contributed by atoms with Crippen LogP contribution in [0.15, 0.2) is 24.3 Å². The molecule has 2 aliphatic rings. The molecule has 1 N–H and O–H groups in total. The van der Waals surface area contributed by atoms with Crippen molar-refractivity contribution in [3.05, 3.63) is 29.8 Å². The molecule has 2 heteroatoms. The molecule has 0 heterocycles. The van der Waals surface area contributed by atoms with Crippen molar-refractivity contribution in [3.8, 4) is 0 Å². The Kier molecular flexibility index (Phi) is 3.29. The molecule has 0 saturated heterocycles. The first-order chi connectivity index (χ1) is 8.74. The van der Waals surface area contributed by atoms with E-state index in [0.717, 1.165) is 24.4 Å². The van der Waals surface area contributed by atoms with E-state index in [9.17, 15) is 0 Å². The molecule has 0 aliphatic heterocycles. The van der Waals surface area contributed by atoms with Gasteiger partial charge in [0.15, 0.2) is 0 Å². The highest BCUT2D eigenvalue weighted by Crippen LogP contribution is 2.44. The van der Waals surface area contributed by atoms with Crippen molar-refractivity contribution in [1.29, 1.82) is 0 Å². The molecule has 1 aromatic carbocycles. The van der Waals surface area contributed by atoms with Crippen LogP contribution in [0.5, 0.6) is 0 Å². The second-order valence-electron chi connectivity index (χ2n) is 6.14. The number of nitrogens with zero attached hydrogens (tertiary/aromatic N) is 1. The standard InChI is InChI=1S/C16H24N2/c1-18(2)15-9-3-12(4-10-15)11-17-16(13-5-6-13)14-7-8-14/h3-4,9-10,13-14,16-17H,5-8,11H2,1-2H3. The zero-order valence-corrected chi connectivity index (χ0v) is 11.5. The van der Waals surface area contributed by atoms with E-state index in [-0.39, 0.29) is 0 Å². The van der Waals surface area contributed by atoms with E-state index < -0.39 is 0 Å². The number of hydrogen-bond acceptors (Lipinski definition) is 2. The molecule has 0 amide bonds. The molecular formula is C16H24N2. The van der Waals surface area contributed by atoms with Gasteiger partial charge in [0.25, 0.3) is 0 Å². The number of benzene rings is 1. The quantitative estimate of drug-likeness (QED) is 0.827. The van der Waals surface area contributed by atoms with Gasteiger partial charge < -0.3 is 10.2 Å². The Morgan fingerprint density at radius 1 is 1.06 bits per heavy atom. The molecule has 0 atom stereocenters. The van der Waals surface area contributed by atoms with Crippen LogP contribution in [0.25, 0.3) is 0 Å². The lowest BCUT2D eigenvalue weighted by molar-refractivity contribution is 0.416. The first-order valence-corrected chi connectivity index (χ1v) is 7.23. The van der Waals surface area contributed by atoms with Crippen LogP contribution < -0.4 is 10.2 Å². The van der Waals surface area contributed by atoms with Crippen molar-refractivity contribution >= 4 is 5.69 Å². The van der Waals surface area contributed by atoms with Gasteiger partial charge in [0, 0.05) is 32.4 Å². The summed E-state index contributed by atoms with van der Waals surface area (Å²) in [6.07, 6.45) is 5.81. The van der Waals surface area contributed by atoms with Crippen molar-refractivity contribution in [1.82, 2.24) is 5.32 Å². The highest BCUT2D eigenvalue weighted by molar-refractivity contribution is 5.45. The molecule has 2 aliphatic carbocycles. The summed E-state index contributed by atoms with van der Waals surface area (Å²) in [5.74, 6) is 1.97. The molecule has 0 bridgehead atoms. The number of anilines is 1. The molecule has 3 rings (SSSR count). The Balaban J connectivity index is 1.55. The highest BCUT2D eigenvalue weighted by atomic mass is 15.1. The van der Waals surface area contributed by atoms with Crippen LogP contribution in [-0.2, 0) is 6.54 Å². The largest absolute Gasteiger partial charge is 0.378 e. The fourth-order valence-electron chi connectivity index (χ4n) is 2.78. The molecule has 2 nitrogen and oxygen atoms in total. The van der Waals surface area contributed by atoms with Crippen LogP contribution in [0.2, 0.25) is 0 Å². The molecule has 1 aromatic rings. The fraction of sp³-hybridized carbons (Fsp3) is 0.625. The van der Waals surface area contributed by atoms with Gasteiger partial charge >= 0.3 is 0 Å². The summed E-state index contributed by atoms with van der Waals surface area (Å²) in [5, 5.41) is 3.79. The maximum Gasteiger partial charge on any atom is 0.0361 e.